The second-order valence-corrected chi connectivity index (χ2v) is 8.67. The van der Waals surface area contributed by atoms with E-state index < -0.39 is 0 Å². The third-order valence-electron chi connectivity index (χ3n) is 6.67. The highest BCUT2D eigenvalue weighted by molar-refractivity contribution is 5.93. The van der Waals surface area contributed by atoms with E-state index in [0.29, 0.717) is 0 Å². The number of aromatic amines is 1. The molecular weight excluding hydrogens is 344 g/mol. The molecule has 28 heavy (non-hydrogen) atoms. The van der Waals surface area contributed by atoms with Gasteiger partial charge in [-0.05, 0) is 54.0 Å². The maximum Gasteiger partial charge on any atom is 0.256 e. The summed E-state index contributed by atoms with van der Waals surface area (Å²) in [6, 6.07) is 14.6. The molecule has 2 aliphatic carbocycles. The average molecular weight is 373 g/mol. The number of benzene rings is 2. The molecule has 0 unspecified atom stereocenters. The second-order valence-electron chi connectivity index (χ2n) is 8.67. The van der Waals surface area contributed by atoms with Gasteiger partial charge in [0.05, 0.1) is 5.69 Å². The Labute approximate surface area is 166 Å². The quantitative estimate of drug-likeness (QED) is 0.540. The minimum atomic E-state index is 0.0158. The fraction of sp³-hybridized carbons (Fsp3) is 0.400. The summed E-state index contributed by atoms with van der Waals surface area (Å²) >= 11 is 0. The van der Waals surface area contributed by atoms with Crippen LogP contribution in [-0.4, -0.2) is 23.5 Å². The van der Waals surface area contributed by atoms with Crippen molar-refractivity contribution in [3.05, 3.63) is 69.5 Å². The molecule has 2 aliphatic rings. The molecule has 0 saturated heterocycles. The SMILES string of the molecule is CN(Cc1cccc2c1Cc1c-2[nH]c(=O)c2ccccc12)CC1CCCCC1. The molecule has 0 amide bonds. The van der Waals surface area contributed by atoms with E-state index in [4.69, 9.17) is 0 Å². The van der Waals surface area contributed by atoms with Gasteiger partial charge in [-0.3, -0.25) is 4.79 Å². The molecule has 0 aliphatic heterocycles. The maximum atomic E-state index is 12.6. The Bertz CT molecular complexity index is 1080. The number of pyridine rings is 1. The van der Waals surface area contributed by atoms with Crippen molar-refractivity contribution in [1.82, 2.24) is 9.88 Å². The van der Waals surface area contributed by atoms with Crippen molar-refractivity contribution in [3.8, 4) is 11.3 Å². The summed E-state index contributed by atoms with van der Waals surface area (Å²) < 4.78 is 0. The number of rotatable bonds is 4. The van der Waals surface area contributed by atoms with E-state index in [1.807, 2.05) is 18.2 Å². The van der Waals surface area contributed by atoms with Gasteiger partial charge in [0.2, 0.25) is 0 Å². The van der Waals surface area contributed by atoms with Crippen LogP contribution in [-0.2, 0) is 13.0 Å². The van der Waals surface area contributed by atoms with Crippen molar-refractivity contribution >= 4 is 10.8 Å². The molecule has 2 aromatic carbocycles. The number of aromatic nitrogens is 1. The topological polar surface area (TPSA) is 36.1 Å². The first-order chi connectivity index (χ1) is 13.7. The van der Waals surface area contributed by atoms with Crippen molar-refractivity contribution in [2.24, 2.45) is 5.92 Å². The van der Waals surface area contributed by atoms with Crippen molar-refractivity contribution < 1.29 is 0 Å². The lowest BCUT2D eigenvalue weighted by Crippen LogP contribution is -2.27. The Hall–Kier alpha value is -2.39. The molecule has 0 bridgehead atoms. The van der Waals surface area contributed by atoms with Crippen molar-refractivity contribution in [2.75, 3.05) is 13.6 Å². The number of H-pyrrole nitrogens is 1. The highest BCUT2D eigenvalue weighted by Crippen LogP contribution is 2.39. The van der Waals surface area contributed by atoms with Crippen LogP contribution < -0.4 is 5.56 Å². The zero-order valence-electron chi connectivity index (χ0n) is 16.6. The van der Waals surface area contributed by atoms with E-state index in [-0.39, 0.29) is 5.56 Å². The standard InChI is InChI=1S/C25H28N2O/c1-27(15-17-8-3-2-4-9-17)16-18-10-7-13-20-22(18)14-23-19-11-5-6-12-21(19)25(28)26-24(20)23/h5-7,10-13,17H,2-4,8-9,14-16H2,1H3,(H,26,28). The second kappa shape index (κ2) is 7.21. The zero-order valence-corrected chi connectivity index (χ0v) is 16.6. The van der Waals surface area contributed by atoms with Gasteiger partial charge in [-0.1, -0.05) is 55.7 Å². The molecule has 1 aromatic heterocycles. The molecule has 0 spiro atoms. The van der Waals surface area contributed by atoms with E-state index in [0.717, 1.165) is 35.3 Å². The van der Waals surface area contributed by atoms with Crippen LogP contribution >= 0.6 is 0 Å². The number of hydrogen-bond acceptors (Lipinski definition) is 2. The van der Waals surface area contributed by atoms with Crippen molar-refractivity contribution in [2.45, 2.75) is 45.1 Å². The van der Waals surface area contributed by atoms with E-state index >= 15 is 0 Å². The summed E-state index contributed by atoms with van der Waals surface area (Å²) in [6.45, 7) is 2.17. The van der Waals surface area contributed by atoms with Gasteiger partial charge in [0.15, 0.2) is 0 Å². The largest absolute Gasteiger partial charge is 0.321 e. The van der Waals surface area contributed by atoms with Crippen LogP contribution in [0.1, 0.15) is 48.8 Å². The smallest absolute Gasteiger partial charge is 0.256 e. The molecule has 1 N–H and O–H groups in total. The lowest BCUT2D eigenvalue weighted by Gasteiger charge is -2.27. The number of nitrogens with zero attached hydrogens (tertiary/aromatic N) is 1. The van der Waals surface area contributed by atoms with Crippen LogP contribution in [0.5, 0.6) is 0 Å². The normalized spacial score (nSPS) is 16.5. The van der Waals surface area contributed by atoms with Crippen LogP contribution in [0.2, 0.25) is 0 Å². The van der Waals surface area contributed by atoms with Gasteiger partial charge in [-0.25, -0.2) is 0 Å². The van der Waals surface area contributed by atoms with Crippen LogP contribution in [0.25, 0.3) is 22.0 Å². The van der Waals surface area contributed by atoms with Gasteiger partial charge in [0.25, 0.3) is 5.56 Å². The fourth-order valence-electron chi connectivity index (χ4n) is 5.32. The first kappa shape index (κ1) is 17.7. The first-order valence-electron chi connectivity index (χ1n) is 10.6. The molecule has 1 fully saturated rings. The summed E-state index contributed by atoms with van der Waals surface area (Å²) in [5.41, 5.74) is 6.31. The van der Waals surface area contributed by atoms with E-state index in [1.54, 1.807) is 0 Å². The summed E-state index contributed by atoms with van der Waals surface area (Å²) in [5.74, 6) is 0.855. The van der Waals surface area contributed by atoms with Gasteiger partial charge in [-0.2, -0.15) is 0 Å². The third kappa shape index (κ3) is 3.08. The molecular formula is C25H28N2O. The monoisotopic (exact) mass is 372 g/mol. The van der Waals surface area contributed by atoms with Crippen LogP contribution in [0, 0.1) is 5.92 Å². The molecule has 144 valence electrons. The third-order valence-corrected chi connectivity index (χ3v) is 6.67. The Kier molecular flexibility index (Phi) is 4.56. The molecule has 1 heterocycles. The lowest BCUT2D eigenvalue weighted by molar-refractivity contribution is 0.228. The predicted octanol–water partition coefficient (Wildman–Crippen LogP) is 5.11. The highest BCUT2D eigenvalue weighted by atomic mass is 16.1. The minimum Gasteiger partial charge on any atom is -0.321 e. The minimum absolute atomic E-state index is 0.0158. The average Bonchev–Trinajstić information content (AvgIpc) is 3.09. The van der Waals surface area contributed by atoms with E-state index in [2.05, 4.69) is 41.2 Å². The lowest BCUT2D eigenvalue weighted by atomic mass is 9.89. The Morgan fingerprint density at radius 3 is 2.57 bits per heavy atom. The highest BCUT2D eigenvalue weighted by Gasteiger charge is 2.25. The molecule has 3 aromatic rings. The fourth-order valence-corrected chi connectivity index (χ4v) is 5.32. The van der Waals surface area contributed by atoms with Gasteiger partial charge < -0.3 is 9.88 Å². The van der Waals surface area contributed by atoms with Gasteiger partial charge in [0, 0.05) is 30.5 Å². The van der Waals surface area contributed by atoms with Crippen LogP contribution in [0.3, 0.4) is 0 Å². The van der Waals surface area contributed by atoms with Crippen LogP contribution in [0.4, 0.5) is 0 Å². The van der Waals surface area contributed by atoms with E-state index in [1.165, 1.54) is 60.9 Å². The van der Waals surface area contributed by atoms with Gasteiger partial charge in [0.1, 0.15) is 0 Å². The number of nitrogens with one attached hydrogen (secondary N) is 1. The Balaban J connectivity index is 1.46. The van der Waals surface area contributed by atoms with Gasteiger partial charge >= 0.3 is 0 Å². The van der Waals surface area contributed by atoms with E-state index in [9.17, 15) is 4.79 Å². The molecule has 0 atom stereocenters. The van der Waals surface area contributed by atoms with Crippen molar-refractivity contribution in [3.63, 3.8) is 0 Å². The Morgan fingerprint density at radius 1 is 0.964 bits per heavy atom. The summed E-state index contributed by atoms with van der Waals surface area (Å²) in [7, 11) is 2.26. The summed E-state index contributed by atoms with van der Waals surface area (Å²) in [6.07, 6.45) is 7.89. The van der Waals surface area contributed by atoms with Crippen LogP contribution in [0.15, 0.2) is 47.3 Å². The predicted molar refractivity (Wildman–Crippen MR) is 116 cm³/mol. The summed E-state index contributed by atoms with van der Waals surface area (Å²) in [5, 5.41) is 1.89. The maximum absolute atomic E-state index is 12.6. The number of hydrogen-bond donors (Lipinski definition) is 1. The zero-order chi connectivity index (χ0) is 19.1. The molecule has 0 radical (unpaired) electrons. The molecule has 3 nitrogen and oxygen atoms in total. The van der Waals surface area contributed by atoms with Crippen molar-refractivity contribution in [1.29, 1.82) is 0 Å². The molecule has 5 rings (SSSR count). The first-order valence-corrected chi connectivity index (χ1v) is 10.6. The number of fused-ring (bicyclic) bond motifs is 5. The Morgan fingerprint density at radius 2 is 1.75 bits per heavy atom. The van der Waals surface area contributed by atoms with Gasteiger partial charge in [-0.15, -0.1) is 0 Å². The molecule has 3 heteroatoms. The summed E-state index contributed by atoms with van der Waals surface area (Å²) in [4.78, 5) is 18.2. The molecule has 1 saturated carbocycles.